The van der Waals surface area contributed by atoms with Gasteiger partial charge in [-0.25, -0.2) is 12.7 Å². The van der Waals surface area contributed by atoms with Crippen LogP contribution in [-0.2, 0) is 14.8 Å². The Morgan fingerprint density at radius 2 is 1.63 bits per heavy atom. The second kappa shape index (κ2) is 4.66. The van der Waals surface area contributed by atoms with E-state index in [1.54, 1.807) is 32.1 Å². The van der Waals surface area contributed by atoms with Crippen LogP contribution in [0.2, 0.25) is 0 Å². The predicted molar refractivity (Wildman–Crippen MR) is 75.1 cm³/mol. The minimum Gasteiger partial charge on any atom is -0.297 e. The summed E-state index contributed by atoms with van der Waals surface area (Å²) in [6.07, 6.45) is 2.10. The molecule has 100 valence electrons. The van der Waals surface area contributed by atoms with E-state index < -0.39 is 10.0 Å². The molecule has 1 aliphatic heterocycles. The summed E-state index contributed by atoms with van der Waals surface area (Å²) < 4.78 is 26.1. The SMILES string of the molecule is CC1=CC(C)=C(C=O)S(=O)(=O)N1c1ccc(C)cc1. The third-order valence-corrected chi connectivity index (χ3v) is 4.98. The van der Waals surface area contributed by atoms with E-state index in [9.17, 15) is 13.2 Å². The quantitative estimate of drug-likeness (QED) is 0.780. The molecule has 0 N–H and O–H groups in total. The Morgan fingerprint density at radius 1 is 1.05 bits per heavy atom. The number of anilines is 1. The van der Waals surface area contributed by atoms with Crippen LogP contribution in [0.3, 0.4) is 0 Å². The van der Waals surface area contributed by atoms with Gasteiger partial charge in [0.2, 0.25) is 0 Å². The van der Waals surface area contributed by atoms with E-state index in [2.05, 4.69) is 0 Å². The van der Waals surface area contributed by atoms with Gasteiger partial charge in [0.05, 0.1) is 5.69 Å². The van der Waals surface area contributed by atoms with E-state index in [1.165, 1.54) is 4.31 Å². The van der Waals surface area contributed by atoms with E-state index in [1.807, 2.05) is 19.1 Å². The number of rotatable bonds is 2. The summed E-state index contributed by atoms with van der Waals surface area (Å²) >= 11 is 0. The number of allylic oxidation sites excluding steroid dienone is 4. The van der Waals surface area contributed by atoms with Crippen molar-refractivity contribution in [3.05, 3.63) is 52.1 Å². The molecule has 0 spiro atoms. The maximum atomic E-state index is 12.4. The van der Waals surface area contributed by atoms with Crippen molar-refractivity contribution >= 4 is 22.0 Å². The van der Waals surface area contributed by atoms with Gasteiger partial charge in [0.15, 0.2) is 6.29 Å². The number of hydrogen-bond donors (Lipinski definition) is 0. The molecule has 1 aliphatic rings. The Bertz CT molecular complexity index is 682. The molecule has 2 rings (SSSR count). The minimum atomic E-state index is -3.80. The first-order chi connectivity index (χ1) is 8.87. The second-order valence-electron chi connectivity index (χ2n) is 4.56. The number of aldehydes is 1. The van der Waals surface area contributed by atoms with Crippen molar-refractivity contribution < 1.29 is 13.2 Å². The van der Waals surface area contributed by atoms with Crippen molar-refractivity contribution in [3.8, 4) is 0 Å². The average molecular weight is 277 g/mol. The summed E-state index contributed by atoms with van der Waals surface area (Å²) in [4.78, 5) is 10.8. The van der Waals surface area contributed by atoms with Gasteiger partial charge in [0.1, 0.15) is 4.91 Å². The van der Waals surface area contributed by atoms with Gasteiger partial charge in [-0.15, -0.1) is 0 Å². The highest BCUT2D eigenvalue weighted by atomic mass is 32.2. The molecule has 0 bridgehead atoms. The minimum absolute atomic E-state index is 0.182. The molecular weight excluding hydrogens is 262 g/mol. The molecule has 0 fully saturated rings. The lowest BCUT2D eigenvalue weighted by molar-refractivity contribution is -0.104. The normalized spacial score (nSPS) is 18.3. The summed E-state index contributed by atoms with van der Waals surface area (Å²) in [7, 11) is -3.80. The van der Waals surface area contributed by atoms with Crippen molar-refractivity contribution in [1.82, 2.24) is 0 Å². The van der Waals surface area contributed by atoms with Gasteiger partial charge in [-0.3, -0.25) is 4.79 Å². The first-order valence-corrected chi connectivity index (χ1v) is 7.28. The molecule has 0 amide bonds. The molecule has 19 heavy (non-hydrogen) atoms. The molecular formula is C14H15NO3S. The summed E-state index contributed by atoms with van der Waals surface area (Å²) in [6.45, 7) is 5.26. The van der Waals surface area contributed by atoms with Crippen molar-refractivity contribution in [3.63, 3.8) is 0 Å². The summed E-state index contributed by atoms with van der Waals surface area (Å²) in [5.41, 5.74) is 2.62. The molecule has 1 aromatic rings. The van der Waals surface area contributed by atoms with Crippen molar-refractivity contribution in [2.24, 2.45) is 0 Å². The van der Waals surface area contributed by atoms with Crippen molar-refractivity contribution in [2.75, 3.05) is 4.31 Å². The summed E-state index contributed by atoms with van der Waals surface area (Å²) in [6, 6.07) is 7.13. The molecule has 4 nitrogen and oxygen atoms in total. The lowest BCUT2D eigenvalue weighted by Gasteiger charge is -2.28. The zero-order valence-corrected chi connectivity index (χ0v) is 11.9. The standard InChI is InChI=1S/C14H15NO3S/c1-10-4-6-13(7-5-10)15-12(3)8-11(2)14(9-16)19(15,17)18/h4-9H,1-3H3. The van der Waals surface area contributed by atoms with Crippen LogP contribution in [0.25, 0.3) is 0 Å². The second-order valence-corrected chi connectivity index (χ2v) is 6.31. The van der Waals surface area contributed by atoms with Crippen LogP contribution in [0.4, 0.5) is 5.69 Å². The summed E-state index contributed by atoms with van der Waals surface area (Å²) in [5, 5.41) is 0. The molecule has 0 atom stereocenters. The first kappa shape index (κ1) is 13.5. The highest BCUT2D eigenvalue weighted by molar-refractivity contribution is 7.97. The van der Waals surface area contributed by atoms with Gasteiger partial charge in [0.25, 0.3) is 10.0 Å². The maximum Gasteiger partial charge on any atom is 0.271 e. The van der Waals surface area contributed by atoms with E-state index in [-0.39, 0.29) is 4.91 Å². The van der Waals surface area contributed by atoms with Crippen LogP contribution in [0.1, 0.15) is 19.4 Å². The van der Waals surface area contributed by atoms with Crippen LogP contribution in [-0.4, -0.2) is 14.7 Å². The number of nitrogens with zero attached hydrogens (tertiary/aromatic N) is 1. The Hall–Kier alpha value is -1.88. The van der Waals surface area contributed by atoms with Crippen LogP contribution >= 0.6 is 0 Å². The molecule has 0 aromatic heterocycles. The third-order valence-electron chi connectivity index (χ3n) is 3.03. The molecule has 0 saturated heterocycles. The van der Waals surface area contributed by atoms with E-state index in [4.69, 9.17) is 0 Å². The van der Waals surface area contributed by atoms with Crippen molar-refractivity contribution in [2.45, 2.75) is 20.8 Å². The number of carbonyl (C=O) groups excluding carboxylic acids is 1. The Labute approximate surface area is 113 Å². The van der Waals surface area contributed by atoms with Crippen molar-refractivity contribution in [1.29, 1.82) is 0 Å². The first-order valence-electron chi connectivity index (χ1n) is 5.84. The molecule has 0 radical (unpaired) electrons. The fraction of sp³-hybridized carbons (Fsp3) is 0.214. The van der Waals surface area contributed by atoms with E-state index >= 15 is 0 Å². The number of hydrogen-bond acceptors (Lipinski definition) is 3. The van der Waals surface area contributed by atoms with Gasteiger partial charge in [-0.1, -0.05) is 17.7 Å². The zero-order chi connectivity index (χ0) is 14.2. The zero-order valence-electron chi connectivity index (χ0n) is 11.0. The van der Waals surface area contributed by atoms with Gasteiger partial charge in [0, 0.05) is 5.70 Å². The Kier molecular flexibility index (Phi) is 3.32. The lowest BCUT2D eigenvalue weighted by Crippen LogP contribution is -2.33. The monoisotopic (exact) mass is 277 g/mol. The average Bonchev–Trinajstić information content (AvgIpc) is 2.30. The van der Waals surface area contributed by atoms with E-state index in [0.29, 0.717) is 23.2 Å². The topological polar surface area (TPSA) is 54.5 Å². The largest absolute Gasteiger partial charge is 0.297 e. The van der Waals surface area contributed by atoms with Crippen LogP contribution in [0.15, 0.2) is 46.5 Å². The molecule has 0 unspecified atom stereocenters. The maximum absolute atomic E-state index is 12.4. The van der Waals surface area contributed by atoms with Crippen LogP contribution in [0, 0.1) is 6.92 Å². The van der Waals surface area contributed by atoms with Gasteiger partial charge in [-0.2, -0.15) is 0 Å². The highest BCUT2D eigenvalue weighted by Gasteiger charge is 2.32. The number of benzene rings is 1. The Balaban J connectivity index is 2.63. The molecule has 0 saturated carbocycles. The fourth-order valence-corrected chi connectivity index (χ4v) is 3.73. The smallest absolute Gasteiger partial charge is 0.271 e. The molecule has 5 heteroatoms. The predicted octanol–water partition coefficient (Wildman–Crippen LogP) is 2.52. The highest BCUT2D eigenvalue weighted by Crippen LogP contribution is 2.32. The van der Waals surface area contributed by atoms with Crippen LogP contribution in [0.5, 0.6) is 0 Å². The number of aryl methyl sites for hydroxylation is 1. The van der Waals surface area contributed by atoms with Gasteiger partial charge >= 0.3 is 0 Å². The lowest BCUT2D eigenvalue weighted by atomic mass is 10.2. The Morgan fingerprint density at radius 3 is 2.16 bits per heavy atom. The van der Waals surface area contributed by atoms with Gasteiger partial charge < -0.3 is 0 Å². The molecule has 0 aliphatic carbocycles. The van der Waals surface area contributed by atoms with E-state index in [0.717, 1.165) is 5.56 Å². The van der Waals surface area contributed by atoms with Gasteiger partial charge in [-0.05, 0) is 44.6 Å². The summed E-state index contributed by atoms with van der Waals surface area (Å²) in [5.74, 6) is 0. The van der Waals surface area contributed by atoms with Crippen LogP contribution < -0.4 is 4.31 Å². The molecule has 1 heterocycles. The fourth-order valence-electron chi connectivity index (χ4n) is 2.11. The molecule has 1 aromatic carbocycles. The number of carbonyl (C=O) groups is 1. The number of sulfonamides is 1. The third kappa shape index (κ3) is 2.21.